The number of aryl methyl sites for hydroxylation is 1. The van der Waals surface area contributed by atoms with E-state index in [1.807, 2.05) is 12.1 Å². The average Bonchev–Trinajstić information content (AvgIpc) is 2.73. The van der Waals surface area contributed by atoms with Gasteiger partial charge in [0.15, 0.2) is 0 Å². The number of carbonyl (C=O) groups excluding carboxylic acids is 3. The number of nitrogens with zero attached hydrogens (tertiary/aromatic N) is 4. The first kappa shape index (κ1) is 18.9. The Morgan fingerprint density at radius 1 is 1.03 bits per heavy atom. The Morgan fingerprint density at radius 3 is 2.55 bits per heavy atom. The summed E-state index contributed by atoms with van der Waals surface area (Å²) >= 11 is 0. The maximum Gasteiger partial charge on any atom is 0.354 e. The highest BCUT2D eigenvalue weighted by molar-refractivity contribution is 5.88. The summed E-state index contributed by atoms with van der Waals surface area (Å²) < 4.78 is 1.41. The first-order chi connectivity index (χ1) is 14.0. The summed E-state index contributed by atoms with van der Waals surface area (Å²) in [6, 6.07) is 6.81. The van der Waals surface area contributed by atoms with E-state index in [0.717, 1.165) is 17.5 Å². The van der Waals surface area contributed by atoms with Gasteiger partial charge in [0.05, 0.1) is 5.69 Å². The summed E-state index contributed by atoms with van der Waals surface area (Å²) in [5.74, 6) is 0.411. The van der Waals surface area contributed by atoms with Gasteiger partial charge in [0, 0.05) is 45.2 Å². The molecule has 29 heavy (non-hydrogen) atoms. The van der Waals surface area contributed by atoms with Gasteiger partial charge in [0.1, 0.15) is 11.6 Å². The monoisotopic (exact) mass is 395 g/mol. The Bertz CT molecular complexity index is 1020. The fraction of sp³-hybridized carbons (Fsp3) is 0.350. The van der Waals surface area contributed by atoms with Gasteiger partial charge in [-0.2, -0.15) is 4.98 Å². The molecule has 1 N–H and O–H groups in total. The number of rotatable bonds is 3. The van der Waals surface area contributed by atoms with Crippen molar-refractivity contribution >= 4 is 24.0 Å². The molecule has 9 nitrogen and oxygen atoms in total. The molecule has 0 spiro atoms. The maximum atomic E-state index is 12.5. The van der Waals surface area contributed by atoms with Crippen molar-refractivity contribution in [3.05, 3.63) is 52.1 Å². The van der Waals surface area contributed by atoms with Gasteiger partial charge in [-0.3, -0.25) is 19.5 Å². The van der Waals surface area contributed by atoms with Crippen molar-refractivity contribution < 1.29 is 14.4 Å². The minimum Gasteiger partial charge on any atom is -0.342 e. The molecule has 1 fully saturated rings. The summed E-state index contributed by atoms with van der Waals surface area (Å²) in [5.41, 5.74) is 2.25. The van der Waals surface area contributed by atoms with Gasteiger partial charge >= 0.3 is 11.7 Å². The normalized spacial score (nSPS) is 16.3. The number of nitrogens with one attached hydrogen (secondary N) is 1. The Labute approximate surface area is 166 Å². The van der Waals surface area contributed by atoms with Crippen LogP contribution in [-0.2, 0) is 22.4 Å². The van der Waals surface area contributed by atoms with Gasteiger partial charge in [0.2, 0.25) is 6.41 Å². The van der Waals surface area contributed by atoms with Crippen LogP contribution in [0.2, 0.25) is 0 Å². The third-order valence-electron chi connectivity index (χ3n) is 5.32. The molecule has 1 aromatic carbocycles. The van der Waals surface area contributed by atoms with Crippen LogP contribution in [-0.4, -0.2) is 63.8 Å². The molecule has 4 rings (SSSR count). The lowest BCUT2D eigenvalue weighted by Gasteiger charge is -2.32. The summed E-state index contributed by atoms with van der Waals surface area (Å²) in [6.07, 6.45) is 3.99. The van der Waals surface area contributed by atoms with Crippen molar-refractivity contribution in [2.24, 2.45) is 0 Å². The SMILES string of the molecule is O=CN1CCN(C(=O)Nc2ccn(-c3ccc4c(c3)CCC(=O)C4)c(=O)n2)CC1. The number of ketones is 1. The molecule has 0 bridgehead atoms. The Hall–Kier alpha value is -3.49. The Balaban J connectivity index is 1.47. The molecule has 9 heteroatoms. The minimum absolute atomic E-state index is 0.178. The second kappa shape index (κ2) is 7.86. The van der Waals surface area contributed by atoms with Gasteiger partial charge in [-0.25, -0.2) is 9.59 Å². The summed E-state index contributed by atoms with van der Waals surface area (Å²) in [7, 11) is 0. The van der Waals surface area contributed by atoms with Crippen molar-refractivity contribution in [2.75, 3.05) is 31.5 Å². The molecule has 2 aliphatic rings. The lowest BCUT2D eigenvalue weighted by atomic mass is 9.90. The number of fused-ring (bicyclic) bond motifs is 1. The average molecular weight is 395 g/mol. The number of hydrogen-bond acceptors (Lipinski definition) is 5. The van der Waals surface area contributed by atoms with Crippen molar-refractivity contribution in [3.8, 4) is 5.69 Å². The van der Waals surface area contributed by atoms with E-state index in [1.165, 1.54) is 4.57 Å². The smallest absolute Gasteiger partial charge is 0.342 e. The van der Waals surface area contributed by atoms with E-state index in [4.69, 9.17) is 0 Å². The number of piperazine rings is 1. The zero-order chi connectivity index (χ0) is 20.4. The molecular weight excluding hydrogens is 374 g/mol. The van der Waals surface area contributed by atoms with Crippen LogP contribution in [0.5, 0.6) is 0 Å². The quantitative estimate of drug-likeness (QED) is 0.767. The molecule has 3 amide bonds. The highest BCUT2D eigenvalue weighted by atomic mass is 16.2. The van der Waals surface area contributed by atoms with Gasteiger partial charge in [0.25, 0.3) is 0 Å². The molecule has 1 aliphatic heterocycles. The van der Waals surface area contributed by atoms with Crippen molar-refractivity contribution in [1.82, 2.24) is 19.4 Å². The van der Waals surface area contributed by atoms with Crippen molar-refractivity contribution in [2.45, 2.75) is 19.3 Å². The number of anilines is 1. The molecule has 1 aromatic heterocycles. The summed E-state index contributed by atoms with van der Waals surface area (Å²) in [5, 5.41) is 2.64. The molecule has 1 aliphatic carbocycles. The minimum atomic E-state index is -0.500. The zero-order valence-corrected chi connectivity index (χ0v) is 15.8. The van der Waals surface area contributed by atoms with Gasteiger partial charge < -0.3 is 9.80 Å². The largest absolute Gasteiger partial charge is 0.354 e. The molecule has 150 valence electrons. The number of hydrogen-bond donors (Lipinski definition) is 1. The van der Waals surface area contributed by atoms with E-state index in [9.17, 15) is 19.2 Å². The van der Waals surface area contributed by atoms with Crippen LogP contribution in [0.15, 0.2) is 35.3 Å². The molecule has 0 saturated carbocycles. The van der Waals surface area contributed by atoms with Crippen LogP contribution < -0.4 is 11.0 Å². The van der Waals surface area contributed by atoms with E-state index in [1.54, 1.807) is 28.1 Å². The molecular formula is C20H21N5O4. The molecule has 0 unspecified atom stereocenters. The number of amides is 3. The number of Topliss-reactive ketones (excluding diaryl/α,β-unsaturated/α-hetero) is 1. The van der Waals surface area contributed by atoms with Gasteiger partial charge in [-0.1, -0.05) is 6.07 Å². The molecule has 0 radical (unpaired) electrons. The zero-order valence-electron chi connectivity index (χ0n) is 15.8. The fourth-order valence-corrected chi connectivity index (χ4v) is 3.63. The fourth-order valence-electron chi connectivity index (χ4n) is 3.63. The third-order valence-corrected chi connectivity index (χ3v) is 5.32. The van der Waals surface area contributed by atoms with E-state index < -0.39 is 5.69 Å². The first-order valence-corrected chi connectivity index (χ1v) is 9.52. The lowest BCUT2D eigenvalue weighted by Crippen LogP contribution is -2.49. The maximum absolute atomic E-state index is 12.5. The van der Waals surface area contributed by atoms with Crippen LogP contribution in [0.4, 0.5) is 10.6 Å². The Kier molecular flexibility index (Phi) is 5.11. The number of carbonyl (C=O) groups is 3. The van der Waals surface area contributed by atoms with Crippen LogP contribution >= 0.6 is 0 Å². The third kappa shape index (κ3) is 4.03. The van der Waals surface area contributed by atoms with Crippen molar-refractivity contribution in [3.63, 3.8) is 0 Å². The highest BCUT2D eigenvalue weighted by Crippen LogP contribution is 2.22. The second-order valence-electron chi connectivity index (χ2n) is 7.19. The Morgan fingerprint density at radius 2 is 1.83 bits per heavy atom. The van der Waals surface area contributed by atoms with Crippen LogP contribution in [0.3, 0.4) is 0 Å². The van der Waals surface area contributed by atoms with E-state index in [0.29, 0.717) is 51.1 Å². The molecule has 0 atom stereocenters. The standard InChI is InChI=1S/C20H21N5O4/c26-13-23-7-9-24(10-8-23)19(28)21-18-5-6-25(20(29)22-18)16-3-1-15-12-17(27)4-2-14(15)11-16/h1,3,5-6,11,13H,2,4,7-10,12H2,(H,21,22,28,29). The second-order valence-corrected chi connectivity index (χ2v) is 7.19. The van der Waals surface area contributed by atoms with E-state index in [-0.39, 0.29) is 17.6 Å². The van der Waals surface area contributed by atoms with E-state index in [2.05, 4.69) is 10.3 Å². The number of benzene rings is 1. The van der Waals surface area contributed by atoms with Crippen molar-refractivity contribution in [1.29, 1.82) is 0 Å². The predicted molar refractivity (Wildman–Crippen MR) is 105 cm³/mol. The summed E-state index contributed by atoms with van der Waals surface area (Å²) in [4.78, 5) is 54.3. The number of aromatic nitrogens is 2. The molecule has 1 saturated heterocycles. The highest BCUT2D eigenvalue weighted by Gasteiger charge is 2.21. The predicted octanol–water partition coefficient (Wildman–Crippen LogP) is 0.596. The van der Waals surface area contributed by atoms with E-state index >= 15 is 0 Å². The van der Waals surface area contributed by atoms with Crippen LogP contribution in [0, 0.1) is 0 Å². The topological polar surface area (TPSA) is 105 Å². The summed E-state index contributed by atoms with van der Waals surface area (Å²) in [6.45, 7) is 1.82. The molecule has 2 aromatic rings. The van der Waals surface area contributed by atoms with Gasteiger partial charge in [-0.05, 0) is 35.7 Å². The molecule has 2 heterocycles. The van der Waals surface area contributed by atoms with Gasteiger partial charge in [-0.15, -0.1) is 0 Å². The van der Waals surface area contributed by atoms with Crippen LogP contribution in [0.25, 0.3) is 5.69 Å². The first-order valence-electron chi connectivity index (χ1n) is 9.52. The van der Waals surface area contributed by atoms with Crippen LogP contribution in [0.1, 0.15) is 17.5 Å². The number of urea groups is 1. The lowest BCUT2D eigenvalue weighted by molar-refractivity contribution is -0.119.